The minimum Gasteiger partial charge on any atom is -0.497 e. The Morgan fingerprint density at radius 2 is 2.00 bits per heavy atom. The number of nitrogens with one attached hydrogen (secondary N) is 2. The quantitative estimate of drug-likeness (QED) is 0.349. The summed E-state index contributed by atoms with van der Waals surface area (Å²) in [4.78, 5) is 12.7. The number of hydrogen-bond donors (Lipinski definition) is 2. The lowest BCUT2D eigenvalue weighted by molar-refractivity contribution is 0.229. The third-order valence-electron chi connectivity index (χ3n) is 6.25. The lowest BCUT2D eigenvalue weighted by Crippen LogP contribution is -2.44. The van der Waals surface area contributed by atoms with Crippen LogP contribution in [0.25, 0.3) is 5.69 Å². The van der Waals surface area contributed by atoms with E-state index < -0.39 is 0 Å². The molecular formula is C26H32ClN5O2S. The molecule has 0 radical (unpaired) electrons. The van der Waals surface area contributed by atoms with Gasteiger partial charge in [0.1, 0.15) is 5.75 Å². The fourth-order valence-corrected chi connectivity index (χ4v) is 5.41. The number of halogens is 1. The van der Waals surface area contributed by atoms with Gasteiger partial charge in [0.2, 0.25) is 0 Å². The lowest BCUT2D eigenvalue weighted by Gasteiger charge is -2.24. The van der Waals surface area contributed by atoms with Crippen LogP contribution >= 0.6 is 23.4 Å². The maximum atomic E-state index is 12.7. The molecule has 0 saturated heterocycles. The monoisotopic (exact) mass is 513 g/mol. The summed E-state index contributed by atoms with van der Waals surface area (Å²) in [6.07, 6.45) is 5.64. The van der Waals surface area contributed by atoms with Crippen LogP contribution < -0.4 is 15.4 Å². The van der Waals surface area contributed by atoms with Gasteiger partial charge in [-0.2, -0.15) is 0 Å². The predicted octanol–water partition coefficient (Wildman–Crippen LogP) is 6.22. The van der Waals surface area contributed by atoms with Crippen molar-refractivity contribution in [2.24, 2.45) is 0 Å². The zero-order valence-electron chi connectivity index (χ0n) is 20.4. The molecule has 7 nitrogen and oxygen atoms in total. The third kappa shape index (κ3) is 6.49. The van der Waals surface area contributed by atoms with Crippen LogP contribution in [0.4, 0.5) is 4.79 Å². The van der Waals surface area contributed by atoms with Crippen LogP contribution in [0.5, 0.6) is 5.75 Å². The second kappa shape index (κ2) is 11.8. The van der Waals surface area contributed by atoms with E-state index in [-0.39, 0.29) is 18.1 Å². The van der Waals surface area contributed by atoms with Crippen LogP contribution in [-0.2, 0) is 5.75 Å². The molecule has 1 aliphatic carbocycles. The summed E-state index contributed by atoms with van der Waals surface area (Å²) in [5.41, 5.74) is 3.05. The Morgan fingerprint density at radius 3 is 2.77 bits per heavy atom. The summed E-state index contributed by atoms with van der Waals surface area (Å²) in [5.74, 6) is 2.17. The average molecular weight is 514 g/mol. The molecule has 35 heavy (non-hydrogen) atoms. The standard InChI is InChI=1S/C26H32ClN5O2S/c1-17-12-13-20(27)15-23(17)32-24(18(2)28-25(33)29-21-9-5-4-6-10-21)30-31-26(32)35-16-19-8-7-11-22(14-19)34-3/h7-8,11-15,18,21H,4-6,9-10,16H2,1-3H3,(H2,28,29,33). The van der Waals surface area contributed by atoms with Gasteiger partial charge in [0, 0.05) is 16.8 Å². The third-order valence-corrected chi connectivity index (χ3v) is 7.48. The largest absolute Gasteiger partial charge is 0.497 e. The predicted molar refractivity (Wildman–Crippen MR) is 141 cm³/mol. The first-order valence-electron chi connectivity index (χ1n) is 12.0. The van der Waals surface area contributed by atoms with Crippen molar-refractivity contribution in [3.05, 3.63) is 64.4 Å². The molecule has 1 atom stereocenters. The number of benzene rings is 2. The Bertz CT molecular complexity index is 1160. The number of carbonyl (C=O) groups excluding carboxylic acids is 1. The first-order valence-corrected chi connectivity index (χ1v) is 13.4. The van der Waals surface area contributed by atoms with E-state index in [2.05, 4.69) is 26.9 Å². The molecule has 9 heteroatoms. The zero-order chi connectivity index (χ0) is 24.8. The van der Waals surface area contributed by atoms with E-state index in [0.29, 0.717) is 16.6 Å². The van der Waals surface area contributed by atoms with Crippen LogP contribution in [-0.4, -0.2) is 33.9 Å². The molecule has 1 unspecified atom stereocenters. The smallest absolute Gasteiger partial charge is 0.315 e. The minimum atomic E-state index is -0.351. The summed E-state index contributed by atoms with van der Waals surface area (Å²) in [6, 6.07) is 13.4. The highest BCUT2D eigenvalue weighted by atomic mass is 35.5. The van der Waals surface area contributed by atoms with Crippen molar-refractivity contribution in [3.8, 4) is 11.4 Å². The maximum absolute atomic E-state index is 12.7. The number of aryl methyl sites for hydroxylation is 1. The lowest BCUT2D eigenvalue weighted by atomic mass is 9.96. The summed E-state index contributed by atoms with van der Waals surface area (Å²) >= 11 is 7.94. The second-order valence-corrected chi connectivity index (χ2v) is 10.3. The highest BCUT2D eigenvalue weighted by Gasteiger charge is 2.23. The van der Waals surface area contributed by atoms with Gasteiger partial charge in [-0.25, -0.2) is 4.79 Å². The topological polar surface area (TPSA) is 81.1 Å². The van der Waals surface area contributed by atoms with Crippen molar-refractivity contribution < 1.29 is 9.53 Å². The summed E-state index contributed by atoms with van der Waals surface area (Å²) in [5, 5.41) is 16.5. The van der Waals surface area contributed by atoms with Crippen LogP contribution in [0.3, 0.4) is 0 Å². The number of aromatic nitrogens is 3. The normalized spacial score (nSPS) is 15.0. The number of nitrogens with zero attached hydrogens (tertiary/aromatic N) is 3. The molecule has 1 saturated carbocycles. The van der Waals surface area contributed by atoms with Crippen molar-refractivity contribution >= 4 is 29.4 Å². The van der Waals surface area contributed by atoms with E-state index in [1.54, 1.807) is 18.9 Å². The Labute approximate surface area is 216 Å². The Kier molecular flexibility index (Phi) is 8.57. The fraction of sp³-hybridized carbons (Fsp3) is 0.423. The molecule has 4 rings (SSSR count). The SMILES string of the molecule is COc1cccc(CSc2nnc(C(C)NC(=O)NC3CCCCC3)n2-c2cc(Cl)ccc2C)c1. The van der Waals surface area contributed by atoms with E-state index in [1.807, 2.05) is 54.8 Å². The first-order chi connectivity index (χ1) is 16.9. The van der Waals surface area contributed by atoms with Gasteiger partial charge >= 0.3 is 6.03 Å². The van der Waals surface area contributed by atoms with Crippen molar-refractivity contribution in [3.63, 3.8) is 0 Å². The molecule has 2 amide bonds. The Balaban J connectivity index is 1.58. The average Bonchev–Trinajstić information content (AvgIpc) is 3.29. The van der Waals surface area contributed by atoms with Gasteiger partial charge in [-0.3, -0.25) is 4.57 Å². The molecule has 1 heterocycles. The molecule has 2 N–H and O–H groups in total. The van der Waals surface area contributed by atoms with Crippen LogP contribution in [0.1, 0.15) is 62.0 Å². The number of ether oxygens (including phenoxy) is 1. The van der Waals surface area contributed by atoms with Gasteiger partial charge in [0.25, 0.3) is 0 Å². The van der Waals surface area contributed by atoms with E-state index in [4.69, 9.17) is 16.3 Å². The molecule has 0 bridgehead atoms. The van der Waals surface area contributed by atoms with E-state index >= 15 is 0 Å². The van der Waals surface area contributed by atoms with Gasteiger partial charge in [-0.1, -0.05) is 60.8 Å². The zero-order valence-corrected chi connectivity index (χ0v) is 22.0. The molecule has 1 aliphatic rings. The molecule has 1 fully saturated rings. The van der Waals surface area contributed by atoms with Crippen molar-refractivity contribution in [1.82, 2.24) is 25.4 Å². The van der Waals surface area contributed by atoms with E-state index in [9.17, 15) is 4.79 Å². The number of rotatable bonds is 8. The van der Waals surface area contributed by atoms with Crippen molar-refractivity contribution in [2.45, 2.75) is 68.9 Å². The maximum Gasteiger partial charge on any atom is 0.315 e. The van der Waals surface area contributed by atoms with Crippen LogP contribution in [0.2, 0.25) is 5.02 Å². The van der Waals surface area contributed by atoms with Gasteiger partial charge in [0.05, 0.1) is 18.8 Å². The summed E-state index contributed by atoms with van der Waals surface area (Å²) in [6.45, 7) is 3.96. The Morgan fingerprint density at radius 1 is 1.20 bits per heavy atom. The number of methoxy groups -OCH3 is 1. The van der Waals surface area contributed by atoms with Crippen LogP contribution in [0, 0.1) is 6.92 Å². The molecular weight excluding hydrogens is 482 g/mol. The highest BCUT2D eigenvalue weighted by molar-refractivity contribution is 7.98. The number of carbonyl (C=O) groups is 1. The van der Waals surface area contributed by atoms with Gasteiger partial charge < -0.3 is 15.4 Å². The fourth-order valence-electron chi connectivity index (χ4n) is 4.35. The van der Waals surface area contributed by atoms with Gasteiger partial charge in [0.15, 0.2) is 11.0 Å². The number of amides is 2. The summed E-state index contributed by atoms with van der Waals surface area (Å²) in [7, 11) is 1.66. The Hall–Kier alpha value is -2.71. The highest BCUT2D eigenvalue weighted by Crippen LogP contribution is 2.31. The van der Waals surface area contributed by atoms with E-state index in [0.717, 1.165) is 53.4 Å². The first kappa shape index (κ1) is 25.4. The molecule has 0 spiro atoms. The molecule has 186 valence electrons. The van der Waals surface area contributed by atoms with Gasteiger partial charge in [-0.15, -0.1) is 10.2 Å². The number of thioether (sulfide) groups is 1. The number of hydrogen-bond acceptors (Lipinski definition) is 5. The molecule has 2 aromatic carbocycles. The van der Waals surface area contributed by atoms with Crippen LogP contribution in [0.15, 0.2) is 47.6 Å². The van der Waals surface area contributed by atoms with Crippen molar-refractivity contribution in [2.75, 3.05) is 7.11 Å². The van der Waals surface area contributed by atoms with E-state index in [1.165, 1.54) is 6.42 Å². The van der Waals surface area contributed by atoms with Crippen molar-refractivity contribution in [1.29, 1.82) is 0 Å². The summed E-state index contributed by atoms with van der Waals surface area (Å²) < 4.78 is 7.35. The molecule has 0 aliphatic heterocycles. The molecule has 3 aromatic rings. The minimum absolute atomic E-state index is 0.174. The van der Waals surface area contributed by atoms with Gasteiger partial charge in [-0.05, 0) is 62.1 Å². The second-order valence-electron chi connectivity index (χ2n) is 8.92. The molecule has 1 aromatic heterocycles. The number of urea groups is 1.